The number of hydrogen-bond donors (Lipinski definition) is 2. The van der Waals surface area contributed by atoms with E-state index in [1.54, 1.807) is 12.1 Å². The molecule has 0 heterocycles. The predicted molar refractivity (Wildman–Crippen MR) is 66.9 cm³/mol. The maximum absolute atomic E-state index is 10.9. The van der Waals surface area contributed by atoms with Gasteiger partial charge in [-0.2, -0.15) is 0 Å². The molecule has 6 nitrogen and oxygen atoms in total. The Balaban J connectivity index is 2.13. The molecule has 1 fully saturated rings. The highest BCUT2D eigenvalue weighted by atomic mass is 16.6. The number of benzene rings is 1. The Morgan fingerprint density at radius 3 is 2.78 bits per heavy atom. The lowest BCUT2D eigenvalue weighted by Crippen LogP contribution is -2.43. The largest absolute Gasteiger partial charge is 0.496 e. The van der Waals surface area contributed by atoms with Crippen LogP contribution in [-0.4, -0.2) is 29.3 Å². The van der Waals surface area contributed by atoms with Gasteiger partial charge in [0.25, 0.3) is 5.69 Å². The van der Waals surface area contributed by atoms with Crippen molar-refractivity contribution in [3.8, 4) is 5.75 Å². The summed E-state index contributed by atoms with van der Waals surface area (Å²) in [5.41, 5.74) is -0.355. The van der Waals surface area contributed by atoms with Crippen molar-refractivity contribution >= 4 is 11.4 Å². The zero-order chi connectivity index (χ0) is 13.2. The highest BCUT2D eigenvalue weighted by Crippen LogP contribution is 2.34. The number of aliphatic hydroxyl groups is 1. The fourth-order valence-corrected chi connectivity index (χ4v) is 1.96. The van der Waals surface area contributed by atoms with E-state index in [0.29, 0.717) is 18.0 Å². The highest BCUT2D eigenvalue weighted by Gasteiger charge is 2.34. The number of rotatable bonds is 5. The van der Waals surface area contributed by atoms with E-state index in [9.17, 15) is 15.2 Å². The molecule has 0 saturated heterocycles. The third-order valence-electron chi connectivity index (χ3n) is 3.29. The summed E-state index contributed by atoms with van der Waals surface area (Å²) >= 11 is 0. The van der Waals surface area contributed by atoms with Crippen LogP contribution in [-0.2, 0) is 0 Å². The van der Waals surface area contributed by atoms with Crippen LogP contribution in [0.15, 0.2) is 18.2 Å². The summed E-state index contributed by atoms with van der Waals surface area (Å²) in [7, 11) is 1.46. The van der Waals surface area contributed by atoms with E-state index in [2.05, 4.69) is 5.32 Å². The van der Waals surface area contributed by atoms with Crippen molar-refractivity contribution in [1.82, 2.24) is 0 Å². The molecular formula is C12H16N2O4. The number of nitro benzene ring substituents is 1. The molecule has 0 amide bonds. The third kappa shape index (κ3) is 2.53. The summed E-state index contributed by atoms with van der Waals surface area (Å²) in [4.78, 5) is 10.5. The van der Waals surface area contributed by atoms with E-state index < -0.39 is 10.5 Å². The molecule has 2 N–H and O–H groups in total. The zero-order valence-electron chi connectivity index (χ0n) is 10.2. The Hall–Kier alpha value is -1.82. The minimum atomic E-state index is -0.714. The molecule has 0 bridgehead atoms. The van der Waals surface area contributed by atoms with E-state index in [4.69, 9.17) is 4.74 Å². The van der Waals surface area contributed by atoms with Gasteiger partial charge in [-0.3, -0.25) is 10.1 Å². The van der Waals surface area contributed by atoms with Gasteiger partial charge in [0.15, 0.2) is 0 Å². The Kier molecular flexibility index (Phi) is 3.38. The molecule has 0 spiro atoms. The third-order valence-corrected chi connectivity index (χ3v) is 3.29. The van der Waals surface area contributed by atoms with Gasteiger partial charge in [-0.05, 0) is 31.4 Å². The molecule has 6 heteroatoms. The van der Waals surface area contributed by atoms with Crippen LogP contribution in [0.2, 0.25) is 0 Å². The molecule has 0 unspecified atom stereocenters. The van der Waals surface area contributed by atoms with E-state index in [1.807, 2.05) is 0 Å². The number of nitrogens with one attached hydrogen (secondary N) is 1. The molecule has 1 aliphatic rings. The normalized spacial score (nSPS) is 16.8. The number of ether oxygens (including phenoxy) is 1. The molecule has 1 aromatic carbocycles. The van der Waals surface area contributed by atoms with Gasteiger partial charge in [0.2, 0.25) is 0 Å². The molecule has 0 atom stereocenters. The fraction of sp³-hybridized carbons (Fsp3) is 0.500. The van der Waals surface area contributed by atoms with E-state index in [0.717, 1.165) is 19.3 Å². The average molecular weight is 252 g/mol. The number of nitrogens with zero attached hydrogens (tertiary/aromatic N) is 1. The molecule has 1 saturated carbocycles. The van der Waals surface area contributed by atoms with Gasteiger partial charge >= 0.3 is 0 Å². The number of anilines is 1. The standard InChI is InChI=1S/C12H16N2O4/c1-18-9-3-4-10(11(7-9)14(16)17)13-8-12(15)5-2-6-12/h3-4,7,13,15H,2,5-6,8H2,1H3. The maximum atomic E-state index is 10.9. The van der Waals surface area contributed by atoms with Crippen molar-refractivity contribution < 1.29 is 14.8 Å². The van der Waals surface area contributed by atoms with Crippen molar-refractivity contribution in [1.29, 1.82) is 0 Å². The van der Waals surface area contributed by atoms with Gasteiger partial charge in [0.05, 0.1) is 23.7 Å². The van der Waals surface area contributed by atoms with E-state index in [1.165, 1.54) is 13.2 Å². The van der Waals surface area contributed by atoms with Crippen LogP contribution in [0.4, 0.5) is 11.4 Å². The lowest BCUT2D eigenvalue weighted by atomic mass is 9.80. The van der Waals surface area contributed by atoms with Crippen LogP contribution in [0.25, 0.3) is 0 Å². The van der Waals surface area contributed by atoms with Crippen molar-refractivity contribution in [2.45, 2.75) is 24.9 Å². The van der Waals surface area contributed by atoms with Gasteiger partial charge in [0.1, 0.15) is 11.4 Å². The summed E-state index contributed by atoms with van der Waals surface area (Å²) in [5, 5.41) is 23.8. The van der Waals surface area contributed by atoms with Crippen LogP contribution in [0.1, 0.15) is 19.3 Å². The second kappa shape index (κ2) is 4.81. The van der Waals surface area contributed by atoms with E-state index in [-0.39, 0.29) is 5.69 Å². The number of methoxy groups -OCH3 is 1. The number of nitro groups is 1. The number of hydrogen-bond acceptors (Lipinski definition) is 5. The maximum Gasteiger partial charge on any atom is 0.296 e. The van der Waals surface area contributed by atoms with Crippen LogP contribution in [0.5, 0.6) is 5.75 Å². The molecule has 18 heavy (non-hydrogen) atoms. The van der Waals surface area contributed by atoms with Crippen LogP contribution in [0.3, 0.4) is 0 Å². The molecule has 2 rings (SSSR count). The Morgan fingerprint density at radius 1 is 1.56 bits per heavy atom. The lowest BCUT2D eigenvalue weighted by molar-refractivity contribution is -0.384. The van der Waals surface area contributed by atoms with Gasteiger partial charge in [0, 0.05) is 6.54 Å². The van der Waals surface area contributed by atoms with Gasteiger partial charge in [-0.15, -0.1) is 0 Å². The fourth-order valence-electron chi connectivity index (χ4n) is 1.96. The van der Waals surface area contributed by atoms with Gasteiger partial charge in [-0.25, -0.2) is 0 Å². The topological polar surface area (TPSA) is 84.6 Å². The van der Waals surface area contributed by atoms with E-state index >= 15 is 0 Å². The minimum absolute atomic E-state index is 0.0442. The minimum Gasteiger partial charge on any atom is -0.496 e. The second-order valence-corrected chi connectivity index (χ2v) is 4.57. The first-order valence-corrected chi connectivity index (χ1v) is 5.83. The summed E-state index contributed by atoms with van der Waals surface area (Å²) in [6, 6.07) is 4.62. The van der Waals surface area contributed by atoms with Crippen LogP contribution in [0, 0.1) is 10.1 Å². The summed E-state index contributed by atoms with van der Waals surface area (Å²) in [6.45, 7) is 0.334. The molecule has 0 radical (unpaired) electrons. The average Bonchev–Trinajstić information content (AvgIpc) is 2.33. The molecule has 1 aliphatic carbocycles. The molecule has 0 aliphatic heterocycles. The smallest absolute Gasteiger partial charge is 0.296 e. The second-order valence-electron chi connectivity index (χ2n) is 4.57. The van der Waals surface area contributed by atoms with Gasteiger partial charge in [-0.1, -0.05) is 0 Å². The Morgan fingerprint density at radius 2 is 2.28 bits per heavy atom. The van der Waals surface area contributed by atoms with Crippen LogP contribution >= 0.6 is 0 Å². The Labute approximate surface area is 105 Å². The monoisotopic (exact) mass is 252 g/mol. The first kappa shape index (κ1) is 12.6. The highest BCUT2D eigenvalue weighted by molar-refractivity contribution is 5.64. The molecule has 98 valence electrons. The van der Waals surface area contributed by atoms with Crippen molar-refractivity contribution in [2.24, 2.45) is 0 Å². The quantitative estimate of drug-likeness (QED) is 0.618. The van der Waals surface area contributed by atoms with Crippen molar-refractivity contribution in [2.75, 3.05) is 19.0 Å². The zero-order valence-corrected chi connectivity index (χ0v) is 10.2. The van der Waals surface area contributed by atoms with Crippen molar-refractivity contribution in [3.05, 3.63) is 28.3 Å². The Bertz CT molecular complexity index is 457. The van der Waals surface area contributed by atoms with Crippen LogP contribution < -0.4 is 10.1 Å². The van der Waals surface area contributed by atoms with Gasteiger partial charge < -0.3 is 15.2 Å². The molecule has 1 aromatic rings. The summed E-state index contributed by atoms with van der Waals surface area (Å²) in [6.07, 6.45) is 2.48. The molecule has 0 aromatic heterocycles. The lowest BCUT2D eigenvalue weighted by Gasteiger charge is -2.36. The van der Waals surface area contributed by atoms with Crippen molar-refractivity contribution in [3.63, 3.8) is 0 Å². The summed E-state index contributed by atoms with van der Waals surface area (Å²) < 4.78 is 4.96. The first-order chi connectivity index (χ1) is 8.54. The first-order valence-electron chi connectivity index (χ1n) is 5.83. The summed E-state index contributed by atoms with van der Waals surface area (Å²) in [5.74, 6) is 0.439. The predicted octanol–water partition coefficient (Wildman–Crippen LogP) is 1.93. The SMILES string of the molecule is COc1ccc(NCC2(O)CCC2)c([N+](=O)[O-])c1. The molecular weight excluding hydrogens is 236 g/mol.